The van der Waals surface area contributed by atoms with Gasteiger partial charge in [-0.3, -0.25) is 0 Å². The molecule has 0 N–H and O–H groups in total. The van der Waals surface area contributed by atoms with E-state index < -0.39 is 0 Å². The van der Waals surface area contributed by atoms with E-state index >= 15 is 0 Å². The Labute approximate surface area is 105 Å². The van der Waals surface area contributed by atoms with Crippen LogP contribution in [0.25, 0.3) is 0 Å². The maximum atomic E-state index is 5.89. The molecule has 0 unspecified atom stereocenters. The average molecular weight is 253 g/mol. The second-order valence-electron chi connectivity index (χ2n) is 3.56. The summed E-state index contributed by atoms with van der Waals surface area (Å²) in [6, 6.07) is 10.2. The molecule has 3 heteroatoms. The molecular formula is C13H13ClOS. The molecule has 1 aromatic heterocycles. The minimum Gasteiger partial charge on any atom is -0.487 e. The monoisotopic (exact) mass is 252 g/mol. The van der Waals surface area contributed by atoms with E-state index in [1.165, 1.54) is 4.88 Å². The third kappa shape index (κ3) is 2.57. The SMILES string of the molecule is Cc1cccc(CCl)c1OCc1cccs1. The number of rotatable bonds is 4. The molecule has 0 aliphatic heterocycles. The third-order valence-corrected chi connectivity index (χ3v) is 3.51. The maximum absolute atomic E-state index is 5.89. The Morgan fingerprint density at radius 2 is 2.12 bits per heavy atom. The fraction of sp³-hybridized carbons (Fsp3) is 0.231. The normalized spacial score (nSPS) is 10.4. The molecule has 1 aromatic carbocycles. The van der Waals surface area contributed by atoms with E-state index in [1.807, 2.05) is 31.2 Å². The van der Waals surface area contributed by atoms with Crippen molar-refractivity contribution in [2.75, 3.05) is 0 Å². The first-order valence-electron chi connectivity index (χ1n) is 5.11. The average Bonchev–Trinajstić information content (AvgIpc) is 2.80. The Bertz CT molecular complexity index is 451. The van der Waals surface area contributed by atoms with E-state index in [1.54, 1.807) is 11.3 Å². The first-order chi connectivity index (χ1) is 7.81. The second kappa shape index (κ2) is 5.37. The molecule has 0 saturated heterocycles. The predicted octanol–water partition coefficient (Wildman–Crippen LogP) is 4.37. The molecule has 0 aliphatic rings. The molecule has 0 saturated carbocycles. The highest BCUT2D eigenvalue weighted by molar-refractivity contribution is 7.09. The van der Waals surface area contributed by atoms with Crippen LogP contribution in [0.1, 0.15) is 16.0 Å². The zero-order valence-corrected chi connectivity index (χ0v) is 10.6. The molecule has 0 fully saturated rings. The van der Waals surface area contributed by atoms with Gasteiger partial charge in [0.2, 0.25) is 0 Å². The van der Waals surface area contributed by atoms with E-state index in [2.05, 4.69) is 11.4 Å². The summed E-state index contributed by atoms with van der Waals surface area (Å²) in [5.41, 5.74) is 2.19. The van der Waals surface area contributed by atoms with Gasteiger partial charge in [0, 0.05) is 10.4 Å². The number of benzene rings is 1. The molecule has 2 rings (SSSR count). The summed E-state index contributed by atoms with van der Waals surface area (Å²) < 4.78 is 5.83. The molecular weight excluding hydrogens is 240 g/mol. The van der Waals surface area contributed by atoms with E-state index in [4.69, 9.17) is 16.3 Å². The van der Waals surface area contributed by atoms with E-state index in [0.717, 1.165) is 16.9 Å². The minimum absolute atomic E-state index is 0.488. The van der Waals surface area contributed by atoms with Crippen molar-refractivity contribution in [2.24, 2.45) is 0 Å². The highest BCUT2D eigenvalue weighted by atomic mass is 35.5. The molecule has 0 aliphatic carbocycles. The molecule has 0 spiro atoms. The van der Waals surface area contributed by atoms with Gasteiger partial charge in [-0.25, -0.2) is 0 Å². The van der Waals surface area contributed by atoms with Crippen LogP contribution in [0.3, 0.4) is 0 Å². The number of thiophene rings is 1. The van der Waals surface area contributed by atoms with E-state index in [9.17, 15) is 0 Å². The first kappa shape index (κ1) is 11.5. The smallest absolute Gasteiger partial charge is 0.127 e. The molecule has 0 atom stereocenters. The van der Waals surface area contributed by atoms with Crippen LogP contribution in [0.2, 0.25) is 0 Å². The Balaban J connectivity index is 2.14. The first-order valence-corrected chi connectivity index (χ1v) is 6.52. The summed E-state index contributed by atoms with van der Waals surface area (Å²) in [5, 5.41) is 2.05. The Hall–Kier alpha value is -0.990. The van der Waals surface area contributed by atoms with Crippen molar-refractivity contribution < 1.29 is 4.74 Å². The van der Waals surface area contributed by atoms with Crippen molar-refractivity contribution in [3.8, 4) is 5.75 Å². The Kier molecular flexibility index (Phi) is 3.86. The fourth-order valence-electron chi connectivity index (χ4n) is 1.56. The zero-order valence-electron chi connectivity index (χ0n) is 9.07. The van der Waals surface area contributed by atoms with Gasteiger partial charge < -0.3 is 4.74 Å². The van der Waals surface area contributed by atoms with Crippen molar-refractivity contribution in [2.45, 2.75) is 19.4 Å². The van der Waals surface area contributed by atoms with Gasteiger partial charge >= 0.3 is 0 Å². The standard InChI is InChI=1S/C13H13ClOS/c1-10-4-2-5-11(8-14)13(10)15-9-12-6-3-7-16-12/h2-7H,8-9H2,1H3. The maximum Gasteiger partial charge on any atom is 0.127 e. The number of ether oxygens (including phenoxy) is 1. The molecule has 0 radical (unpaired) electrons. The van der Waals surface area contributed by atoms with Gasteiger partial charge in [0.15, 0.2) is 0 Å². The summed E-state index contributed by atoms with van der Waals surface area (Å²) >= 11 is 7.59. The van der Waals surface area contributed by atoms with Crippen molar-refractivity contribution in [1.82, 2.24) is 0 Å². The number of halogens is 1. The largest absolute Gasteiger partial charge is 0.487 e. The molecule has 84 valence electrons. The topological polar surface area (TPSA) is 9.23 Å². The quantitative estimate of drug-likeness (QED) is 0.734. The molecule has 16 heavy (non-hydrogen) atoms. The summed E-state index contributed by atoms with van der Waals surface area (Å²) in [7, 11) is 0. The lowest BCUT2D eigenvalue weighted by atomic mass is 10.1. The van der Waals surface area contributed by atoms with Crippen LogP contribution in [0, 0.1) is 6.92 Å². The van der Waals surface area contributed by atoms with Gasteiger partial charge in [0.25, 0.3) is 0 Å². The molecule has 0 amide bonds. The van der Waals surface area contributed by atoms with Crippen LogP contribution < -0.4 is 4.74 Å². The molecule has 1 nitrogen and oxygen atoms in total. The third-order valence-electron chi connectivity index (χ3n) is 2.38. The summed E-state index contributed by atoms with van der Waals surface area (Å²) in [4.78, 5) is 1.23. The van der Waals surface area contributed by atoms with Crippen molar-refractivity contribution >= 4 is 22.9 Å². The van der Waals surface area contributed by atoms with Crippen LogP contribution in [0.5, 0.6) is 5.75 Å². The molecule has 1 heterocycles. The Morgan fingerprint density at radius 1 is 1.25 bits per heavy atom. The number of para-hydroxylation sites is 1. The lowest BCUT2D eigenvalue weighted by Crippen LogP contribution is -1.98. The number of alkyl halides is 1. The lowest BCUT2D eigenvalue weighted by molar-refractivity contribution is 0.305. The van der Waals surface area contributed by atoms with E-state index in [0.29, 0.717) is 12.5 Å². The summed E-state index contributed by atoms with van der Waals surface area (Å²) in [6.45, 7) is 2.66. The fourth-order valence-corrected chi connectivity index (χ4v) is 2.39. The van der Waals surface area contributed by atoms with Gasteiger partial charge in [0.1, 0.15) is 12.4 Å². The van der Waals surface area contributed by atoms with Crippen LogP contribution in [-0.2, 0) is 12.5 Å². The number of aryl methyl sites for hydroxylation is 1. The second-order valence-corrected chi connectivity index (χ2v) is 4.86. The number of hydrogen-bond donors (Lipinski definition) is 0. The summed E-state index contributed by atoms with van der Waals surface area (Å²) in [6.07, 6.45) is 0. The van der Waals surface area contributed by atoms with Crippen molar-refractivity contribution in [1.29, 1.82) is 0 Å². The summed E-state index contributed by atoms with van der Waals surface area (Å²) in [5.74, 6) is 1.41. The molecule has 0 bridgehead atoms. The van der Waals surface area contributed by atoms with Crippen molar-refractivity contribution in [3.05, 3.63) is 51.7 Å². The highest BCUT2D eigenvalue weighted by Gasteiger charge is 2.06. The zero-order chi connectivity index (χ0) is 11.4. The van der Waals surface area contributed by atoms with Crippen molar-refractivity contribution in [3.63, 3.8) is 0 Å². The molecule has 2 aromatic rings. The van der Waals surface area contributed by atoms with Crippen LogP contribution in [0.15, 0.2) is 35.7 Å². The number of hydrogen-bond acceptors (Lipinski definition) is 2. The Morgan fingerprint density at radius 3 is 2.81 bits per heavy atom. The minimum atomic E-state index is 0.488. The van der Waals surface area contributed by atoms with Gasteiger partial charge in [-0.05, 0) is 23.9 Å². The van der Waals surface area contributed by atoms with Crippen LogP contribution in [0.4, 0.5) is 0 Å². The van der Waals surface area contributed by atoms with E-state index in [-0.39, 0.29) is 0 Å². The predicted molar refractivity (Wildman–Crippen MR) is 69.4 cm³/mol. The van der Waals surface area contributed by atoms with Crippen LogP contribution >= 0.6 is 22.9 Å². The van der Waals surface area contributed by atoms with Gasteiger partial charge in [0.05, 0.1) is 5.88 Å². The van der Waals surface area contributed by atoms with Gasteiger partial charge in [-0.2, -0.15) is 0 Å². The highest BCUT2D eigenvalue weighted by Crippen LogP contribution is 2.26. The van der Waals surface area contributed by atoms with Crippen LogP contribution in [-0.4, -0.2) is 0 Å². The van der Waals surface area contributed by atoms with Gasteiger partial charge in [-0.1, -0.05) is 24.3 Å². The lowest BCUT2D eigenvalue weighted by Gasteiger charge is -2.11. The van der Waals surface area contributed by atoms with Gasteiger partial charge in [-0.15, -0.1) is 22.9 Å².